The van der Waals surface area contributed by atoms with Gasteiger partial charge in [0.05, 0.1) is 15.8 Å². The van der Waals surface area contributed by atoms with E-state index in [9.17, 15) is 5.26 Å². The molecule has 0 spiro atoms. The molecular weight excluding hydrogens is 364 g/mol. The molecule has 0 saturated carbocycles. The van der Waals surface area contributed by atoms with Crippen molar-refractivity contribution in [2.75, 3.05) is 0 Å². The van der Waals surface area contributed by atoms with Crippen molar-refractivity contribution in [1.29, 1.82) is 5.26 Å². The fourth-order valence-electron chi connectivity index (χ4n) is 2.60. The SMILES string of the molecule is Cc1ccc(-c2ccc(C=C(C#N)c3nc4ccccc4s3)o2)cc1Cl. The van der Waals surface area contributed by atoms with Gasteiger partial charge in [-0.25, -0.2) is 4.98 Å². The number of allylic oxidation sites excluding steroid dienone is 1. The number of hydrogen-bond donors (Lipinski definition) is 0. The van der Waals surface area contributed by atoms with Crippen LogP contribution in [0.1, 0.15) is 16.3 Å². The Morgan fingerprint density at radius 2 is 2.04 bits per heavy atom. The lowest BCUT2D eigenvalue weighted by Gasteiger charge is -2.00. The molecule has 0 amide bonds. The van der Waals surface area contributed by atoms with E-state index in [2.05, 4.69) is 11.1 Å². The Balaban J connectivity index is 1.69. The van der Waals surface area contributed by atoms with Gasteiger partial charge < -0.3 is 4.42 Å². The summed E-state index contributed by atoms with van der Waals surface area (Å²) in [6.07, 6.45) is 1.72. The number of benzene rings is 2. The second-order valence-corrected chi connectivity index (χ2v) is 7.26. The van der Waals surface area contributed by atoms with Gasteiger partial charge in [-0.15, -0.1) is 11.3 Å². The van der Waals surface area contributed by atoms with Crippen LogP contribution in [-0.4, -0.2) is 4.98 Å². The average Bonchev–Trinajstić information content (AvgIpc) is 3.28. The van der Waals surface area contributed by atoms with Gasteiger partial charge in [-0.3, -0.25) is 0 Å². The maximum Gasteiger partial charge on any atom is 0.135 e. The highest BCUT2D eigenvalue weighted by Crippen LogP contribution is 2.30. The van der Waals surface area contributed by atoms with E-state index in [1.165, 1.54) is 11.3 Å². The number of fused-ring (bicyclic) bond motifs is 1. The fraction of sp³-hybridized carbons (Fsp3) is 0.0476. The number of thiazole rings is 1. The van der Waals surface area contributed by atoms with Crippen molar-refractivity contribution in [2.45, 2.75) is 6.92 Å². The Morgan fingerprint density at radius 1 is 1.19 bits per heavy atom. The molecule has 0 N–H and O–H groups in total. The predicted octanol–water partition coefficient (Wildman–Crippen LogP) is 6.58. The van der Waals surface area contributed by atoms with E-state index in [0.29, 0.717) is 27.1 Å². The number of hydrogen-bond acceptors (Lipinski definition) is 4. The normalized spacial score (nSPS) is 11.7. The van der Waals surface area contributed by atoms with Gasteiger partial charge >= 0.3 is 0 Å². The van der Waals surface area contributed by atoms with Crippen molar-refractivity contribution in [3.05, 3.63) is 76.0 Å². The van der Waals surface area contributed by atoms with E-state index in [1.54, 1.807) is 6.08 Å². The molecule has 0 aliphatic carbocycles. The topological polar surface area (TPSA) is 49.8 Å². The van der Waals surface area contributed by atoms with Gasteiger partial charge in [0.15, 0.2) is 0 Å². The summed E-state index contributed by atoms with van der Waals surface area (Å²) >= 11 is 7.69. The van der Waals surface area contributed by atoms with Gasteiger partial charge in [-0.1, -0.05) is 35.9 Å². The third-order valence-electron chi connectivity index (χ3n) is 4.01. The molecule has 2 aromatic carbocycles. The van der Waals surface area contributed by atoms with Crippen LogP contribution in [0.25, 0.3) is 33.2 Å². The highest BCUT2D eigenvalue weighted by molar-refractivity contribution is 7.19. The van der Waals surface area contributed by atoms with Gasteiger partial charge in [0, 0.05) is 16.7 Å². The van der Waals surface area contributed by atoms with E-state index < -0.39 is 0 Å². The lowest BCUT2D eigenvalue weighted by molar-refractivity contribution is 0.572. The van der Waals surface area contributed by atoms with E-state index in [4.69, 9.17) is 16.0 Å². The zero-order valence-corrected chi connectivity index (χ0v) is 15.4. The van der Waals surface area contributed by atoms with E-state index in [-0.39, 0.29) is 0 Å². The molecule has 0 saturated heterocycles. The summed E-state index contributed by atoms with van der Waals surface area (Å²) in [5.41, 5.74) is 3.29. The number of para-hydroxylation sites is 1. The monoisotopic (exact) mass is 376 g/mol. The van der Waals surface area contributed by atoms with Crippen molar-refractivity contribution in [3.8, 4) is 17.4 Å². The number of rotatable bonds is 3. The van der Waals surface area contributed by atoms with Crippen LogP contribution in [-0.2, 0) is 0 Å². The minimum absolute atomic E-state index is 0.481. The number of aromatic nitrogens is 1. The molecule has 0 fully saturated rings. The molecule has 4 aromatic rings. The Bertz CT molecular complexity index is 1150. The van der Waals surface area contributed by atoms with Crippen molar-refractivity contribution in [3.63, 3.8) is 0 Å². The molecule has 2 heterocycles. The Hall–Kier alpha value is -2.87. The quantitative estimate of drug-likeness (QED) is 0.379. The van der Waals surface area contributed by atoms with Crippen molar-refractivity contribution in [2.24, 2.45) is 0 Å². The van der Waals surface area contributed by atoms with Crippen LogP contribution >= 0.6 is 22.9 Å². The van der Waals surface area contributed by atoms with Crippen molar-refractivity contribution < 1.29 is 4.42 Å². The Morgan fingerprint density at radius 3 is 2.81 bits per heavy atom. The second-order valence-electron chi connectivity index (χ2n) is 5.82. The molecule has 0 aliphatic heterocycles. The molecular formula is C21H13ClN2OS. The van der Waals surface area contributed by atoms with Gasteiger partial charge in [-0.2, -0.15) is 5.26 Å². The van der Waals surface area contributed by atoms with Gasteiger partial charge in [0.2, 0.25) is 0 Å². The molecule has 0 bridgehead atoms. The summed E-state index contributed by atoms with van der Waals surface area (Å²) < 4.78 is 6.94. The zero-order chi connectivity index (χ0) is 18.1. The van der Waals surface area contributed by atoms with Crippen molar-refractivity contribution in [1.82, 2.24) is 4.98 Å². The predicted molar refractivity (Wildman–Crippen MR) is 107 cm³/mol. The van der Waals surface area contributed by atoms with Crippen LogP contribution < -0.4 is 0 Å². The highest BCUT2D eigenvalue weighted by atomic mass is 35.5. The lowest BCUT2D eigenvalue weighted by atomic mass is 10.1. The van der Waals surface area contributed by atoms with E-state index in [1.807, 2.05) is 61.5 Å². The third kappa shape index (κ3) is 3.15. The maximum atomic E-state index is 9.55. The first-order valence-corrected chi connectivity index (χ1v) is 9.17. The van der Waals surface area contributed by atoms with Crippen LogP contribution in [0.4, 0.5) is 0 Å². The van der Waals surface area contributed by atoms with E-state index >= 15 is 0 Å². The molecule has 2 aromatic heterocycles. The summed E-state index contributed by atoms with van der Waals surface area (Å²) in [5.74, 6) is 1.31. The Kier molecular flexibility index (Phi) is 4.34. The summed E-state index contributed by atoms with van der Waals surface area (Å²) in [6, 6.07) is 19.6. The van der Waals surface area contributed by atoms with Crippen LogP contribution in [0.3, 0.4) is 0 Å². The molecule has 0 unspecified atom stereocenters. The third-order valence-corrected chi connectivity index (χ3v) is 5.49. The first-order valence-electron chi connectivity index (χ1n) is 7.98. The van der Waals surface area contributed by atoms with Crippen LogP contribution in [0, 0.1) is 18.3 Å². The Labute approximate surface area is 159 Å². The molecule has 4 rings (SSSR count). The first-order chi connectivity index (χ1) is 12.6. The van der Waals surface area contributed by atoms with Gasteiger partial charge in [0.25, 0.3) is 0 Å². The minimum Gasteiger partial charge on any atom is -0.457 e. The molecule has 126 valence electrons. The highest BCUT2D eigenvalue weighted by Gasteiger charge is 2.11. The van der Waals surface area contributed by atoms with Crippen molar-refractivity contribution >= 4 is 44.8 Å². The van der Waals surface area contributed by atoms with Gasteiger partial charge in [0.1, 0.15) is 22.6 Å². The van der Waals surface area contributed by atoms with Gasteiger partial charge in [-0.05, 0) is 42.8 Å². The molecule has 3 nitrogen and oxygen atoms in total. The molecule has 0 radical (unpaired) electrons. The summed E-state index contributed by atoms with van der Waals surface area (Å²) in [6.45, 7) is 1.96. The largest absolute Gasteiger partial charge is 0.457 e. The number of nitrogens with zero attached hydrogens (tertiary/aromatic N) is 2. The first kappa shape index (κ1) is 16.6. The maximum absolute atomic E-state index is 9.55. The number of nitriles is 1. The van der Waals surface area contributed by atoms with Crippen LogP contribution in [0.2, 0.25) is 5.02 Å². The van der Waals surface area contributed by atoms with Crippen LogP contribution in [0.5, 0.6) is 0 Å². The minimum atomic E-state index is 0.481. The van der Waals surface area contributed by atoms with Crippen LogP contribution in [0.15, 0.2) is 59.0 Å². The zero-order valence-electron chi connectivity index (χ0n) is 13.9. The van der Waals surface area contributed by atoms with E-state index in [0.717, 1.165) is 21.3 Å². The fourth-order valence-corrected chi connectivity index (χ4v) is 3.72. The summed E-state index contributed by atoms with van der Waals surface area (Å²) in [5, 5.41) is 10.9. The molecule has 0 atom stereocenters. The molecule has 26 heavy (non-hydrogen) atoms. The smallest absolute Gasteiger partial charge is 0.135 e. The standard InChI is InChI=1S/C21H13ClN2OS/c1-13-6-7-14(11-17(13)22)19-9-8-16(25-19)10-15(12-23)21-24-18-4-2-3-5-20(18)26-21/h2-11H,1H3. The molecule has 5 heteroatoms. The second kappa shape index (κ2) is 6.80. The molecule has 0 aliphatic rings. The number of halogens is 1. The number of aryl methyl sites for hydroxylation is 1. The summed E-state index contributed by atoms with van der Waals surface area (Å²) in [4.78, 5) is 4.53. The average molecular weight is 377 g/mol. The number of furan rings is 1. The summed E-state index contributed by atoms with van der Waals surface area (Å²) in [7, 11) is 0. The lowest BCUT2D eigenvalue weighted by Crippen LogP contribution is -1.79.